The van der Waals surface area contributed by atoms with Gasteiger partial charge in [-0.25, -0.2) is 0 Å². The van der Waals surface area contributed by atoms with Gasteiger partial charge in [-0.2, -0.15) is 0 Å². The van der Waals surface area contributed by atoms with Gasteiger partial charge in [0.2, 0.25) is 0 Å². The van der Waals surface area contributed by atoms with Gasteiger partial charge in [0.1, 0.15) is 0 Å². The summed E-state index contributed by atoms with van der Waals surface area (Å²) in [6, 6.07) is 0. The van der Waals surface area contributed by atoms with Crippen LogP contribution in [-0.4, -0.2) is 4.83 Å². The van der Waals surface area contributed by atoms with E-state index in [1.54, 1.807) is 0 Å². The van der Waals surface area contributed by atoms with Crippen molar-refractivity contribution in [2.75, 3.05) is 0 Å². The van der Waals surface area contributed by atoms with E-state index in [4.69, 9.17) is 0 Å². The van der Waals surface area contributed by atoms with Gasteiger partial charge < -0.3 is 0 Å². The normalized spacial score (nSPS) is 12.5. The summed E-state index contributed by atoms with van der Waals surface area (Å²) in [5.41, 5.74) is 0. The van der Waals surface area contributed by atoms with E-state index in [1.807, 2.05) is 6.08 Å². The molecule has 0 aliphatic rings. The van der Waals surface area contributed by atoms with Crippen LogP contribution in [0.5, 0.6) is 0 Å². The largest absolute Gasteiger partial charge is 0.103 e. The summed E-state index contributed by atoms with van der Waals surface area (Å²) < 4.78 is 0. The van der Waals surface area contributed by atoms with Crippen molar-refractivity contribution >= 4 is 15.9 Å². The molecule has 0 nitrogen and oxygen atoms in total. The third-order valence-corrected chi connectivity index (χ3v) is 4.87. The zero-order chi connectivity index (χ0) is 14.9. The van der Waals surface area contributed by atoms with Crippen LogP contribution in [0.4, 0.5) is 0 Å². The van der Waals surface area contributed by atoms with E-state index in [-0.39, 0.29) is 0 Å². The molecule has 0 saturated heterocycles. The maximum atomic E-state index is 3.78. The molecular weight excluding hydrogens is 308 g/mol. The summed E-state index contributed by atoms with van der Waals surface area (Å²) in [7, 11) is 0. The summed E-state index contributed by atoms with van der Waals surface area (Å²) in [6.07, 6.45) is 23.1. The first kappa shape index (κ1) is 20.2. The molecule has 0 aromatic carbocycles. The quantitative estimate of drug-likeness (QED) is 0.152. The summed E-state index contributed by atoms with van der Waals surface area (Å²) in [6.45, 7) is 6.07. The van der Waals surface area contributed by atoms with Crippen molar-refractivity contribution in [2.24, 2.45) is 0 Å². The zero-order valence-corrected chi connectivity index (χ0v) is 15.4. The minimum absolute atomic E-state index is 0.660. The Kier molecular flexibility index (Phi) is 17.5. The van der Waals surface area contributed by atoms with Crippen LogP contribution in [0.15, 0.2) is 12.7 Å². The van der Waals surface area contributed by atoms with Crippen molar-refractivity contribution < 1.29 is 0 Å². The maximum Gasteiger partial charge on any atom is 0.0180 e. The molecule has 0 bridgehead atoms. The number of alkyl halides is 1. The predicted octanol–water partition coefficient (Wildman–Crippen LogP) is 7.81. The van der Waals surface area contributed by atoms with Gasteiger partial charge in [-0.3, -0.25) is 0 Å². The highest BCUT2D eigenvalue weighted by Crippen LogP contribution is 2.17. The molecule has 0 aromatic heterocycles. The van der Waals surface area contributed by atoms with Crippen LogP contribution >= 0.6 is 15.9 Å². The highest BCUT2D eigenvalue weighted by molar-refractivity contribution is 9.09. The van der Waals surface area contributed by atoms with Gasteiger partial charge in [-0.05, 0) is 12.8 Å². The second kappa shape index (κ2) is 17.3. The van der Waals surface area contributed by atoms with Gasteiger partial charge in [-0.15, -0.1) is 6.58 Å². The van der Waals surface area contributed by atoms with Crippen LogP contribution in [0, 0.1) is 0 Å². The highest BCUT2D eigenvalue weighted by Gasteiger charge is 2.00. The number of allylic oxidation sites excluding steroid dienone is 1. The first-order valence-electron chi connectivity index (χ1n) is 9.06. The third kappa shape index (κ3) is 16.3. The summed E-state index contributed by atoms with van der Waals surface area (Å²) in [4.78, 5) is 0.660. The van der Waals surface area contributed by atoms with Crippen LogP contribution in [0.1, 0.15) is 103 Å². The SMILES string of the molecule is C=CCC(Br)CCCCCCCCCCCCCCC. The molecule has 0 heterocycles. The van der Waals surface area contributed by atoms with Gasteiger partial charge in [0.05, 0.1) is 0 Å². The molecule has 0 radical (unpaired) electrons. The Morgan fingerprint density at radius 3 is 1.55 bits per heavy atom. The van der Waals surface area contributed by atoms with Crippen molar-refractivity contribution in [3.05, 3.63) is 12.7 Å². The average molecular weight is 345 g/mol. The van der Waals surface area contributed by atoms with E-state index in [2.05, 4.69) is 29.4 Å². The minimum Gasteiger partial charge on any atom is -0.103 e. The Labute approximate surface area is 136 Å². The van der Waals surface area contributed by atoms with E-state index in [0.29, 0.717) is 4.83 Å². The smallest absolute Gasteiger partial charge is 0.0180 e. The monoisotopic (exact) mass is 344 g/mol. The number of hydrogen-bond acceptors (Lipinski definition) is 0. The topological polar surface area (TPSA) is 0 Å². The Morgan fingerprint density at radius 1 is 0.750 bits per heavy atom. The molecule has 0 amide bonds. The minimum atomic E-state index is 0.660. The van der Waals surface area contributed by atoms with Crippen LogP contribution in [0.3, 0.4) is 0 Å². The molecule has 0 N–H and O–H groups in total. The first-order chi connectivity index (χ1) is 9.81. The van der Waals surface area contributed by atoms with Crippen molar-refractivity contribution in [3.63, 3.8) is 0 Å². The van der Waals surface area contributed by atoms with Crippen molar-refractivity contribution in [1.29, 1.82) is 0 Å². The fourth-order valence-corrected chi connectivity index (χ4v) is 3.27. The molecule has 0 aliphatic carbocycles. The molecule has 0 aliphatic heterocycles. The second-order valence-electron chi connectivity index (χ2n) is 6.15. The van der Waals surface area contributed by atoms with Gasteiger partial charge in [-0.1, -0.05) is 112 Å². The van der Waals surface area contributed by atoms with Gasteiger partial charge in [0.25, 0.3) is 0 Å². The second-order valence-corrected chi connectivity index (χ2v) is 7.45. The Morgan fingerprint density at radius 2 is 1.15 bits per heavy atom. The molecular formula is C19H37Br. The van der Waals surface area contributed by atoms with Crippen LogP contribution in [-0.2, 0) is 0 Å². The molecule has 20 heavy (non-hydrogen) atoms. The molecule has 0 rings (SSSR count). The Balaban J connectivity index is 3.01. The van der Waals surface area contributed by atoms with Crippen LogP contribution < -0.4 is 0 Å². The van der Waals surface area contributed by atoms with E-state index in [1.165, 1.54) is 89.9 Å². The van der Waals surface area contributed by atoms with E-state index in [0.717, 1.165) is 6.42 Å². The van der Waals surface area contributed by atoms with Crippen LogP contribution in [0.2, 0.25) is 0 Å². The van der Waals surface area contributed by atoms with E-state index < -0.39 is 0 Å². The highest BCUT2D eigenvalue weighted by atomic mass is 79.9. The molecule has 0 fully saturated rings. The standard InChI is InChI=1S/C19H37Br/c1-3-5-6-7-8-9-10-11-12-13-14-15-16-18-19(20)17-4-2/h4,19H,2-3,5-18H2,1H3. The lowest BCUT2D eigenvalue weighted by Crippen LogP contribution is -1.95. The average Bonchev–Trinajstić information content (AvgIpc) is 2.44. The van der Waals surface area contributed by atoms with Crippen molar-refractivity contribution in [2.45, 2.75) is 108 Å². The summed E-state index contributed by atoms with van der Waals surface area (Å²) >= 11 is 3.70. The number of unbranched alkanes of at least 4 members (excludes halogenated alkanes) is 12. The van der Waals surface area contributed by atoms with Crippen LogP contribution in [0.25, 0.3) is 0 Å². The number of hydrogen-bond donors (Lipinski definition) is 0. The summed E-state index contributed by atoms with van der Waals surface area (Å²) in [5.74, 6) is 0. The van der Waals surface area contributed by atoms with E-state index in [9.17, 15) is 0 Å². The molecule has 1 heteroatoms. The number of halogens is 1. The van der Waals surface area contributed by atoms with Crippen molar-refractivity contribution in [1.82, 2.24) is 0 Å². The molecule has 0 saturated carbocycles. The Hall–Kier alpha value is 0.220. The maximum absolute atomic E-state index is 3.78. The zero-order valence-electron chi connectivity index (χ0n) is 13.8. The lowest BCUT2D eigenvalue weighted by Gasteiger charge is -2.06. The molecule has 120 valence electrons. The lowest BCUT2D eigenvalue weighted by atomic mass is 10.0. The lowest BCUT2D eigenvalue weighted by molar-refractivity contribution is 0.534. The summed E-state index contributed by atoms with van der Waals surface area (Å²) in [5, 5.41) is 0. The van der Waals surface area contributed by atoms with Gasteiger partial charge in [0.15, 0.2) is 0 Å². The number of rotatable bonds is 16. The fourth-order valence-electron chi connectivity index (χ4n) is 2.68. The van der Waals surface area contributed by atoms with Gasteiger partial charge >= 0.3 is 0 Å². The van der Waals surface area contributed by atoms with Crippen molar-refractivity contribution in [3.8, 4) is 0 Å². The molecule has 1 atom stereocenters. The predicted molar refractivity (Wildman–Crippen MR) is 97.8 cm³/mol. The molecule has 0 aromatic rings. The fraction of sp³-hybridized carbons (Fsp3) is 0.895. The molecule has 1 unspecified atom stereocenters. The van der Waals surface area contributed by atoms with Gasteiger partial charge in [0, 0.05) is 4.83 Å². The Bertz CT molecular complexity index is 188. The van der Waals surface area contributed by atoms with E-state index >= 15 is 0 Å². The third-order valence-electron chi connectivity index (χ3n) is 4.04. The molecule has 0 spiro atoms. The first-order valence-corrected chi connectivity index (χ1v) is 9.97.